The molecule has 0 radical (unpaired) electrons. The van der Waals surface area contributed by atoms with Crippen LogP contribution in [0.5, 0.6) is 0 Å². The maximum absolute atomic E-state index is 12.5. The van der Waals surface area contributed by atoms with Crippen molar-refractivity contribution in [2.24, 2.45) is 0 Å². The van der Waals surface area contributed by atoms with Gasteiger partial charge in [-0.15, -0.1) is 0 Å². The number of hydrogen-bond acceptors (Lipinski definition) is 2. The highest BCUT2D eigenvalue weighted by atomic mass is 35.5. The van der Waals surface area contributed by atoms with Crippen LogP contribution in [-0.4, -0.2) is 38.1 Å². The maximum atomic E-state index is 12.5. The molecule has 2 aromatic carbocycles. The molecule has 2 aromatic rings. The summed E-state index contributed by atoms with van der Waals surface area (Å²) in [5, 5.41) is 3.78. The molecule has 5 heteroatoms. The average Bonchev–Trinajstić information content (AvgIpc) is 2.62. The van der Waals surface area contributed by atoms with Gasteiger partial charge in [0.25, 0.3) is 5.91 Å². The van der Waals surface area contributed by atoms with Crippen LogP contribution < -0.4 is 15.1 Å². The van der Waals surface area contributed by atoms with E-state index >= 15 is 0 Å². The van der Waals surface area contributed by atoms with Crippen molar-refractivity contribution in [2.75, 3.05) is 36.4 Å². The van der Waals surface area contributed by atoms with E-state index in [0.717, 1.165) is 42.6 Å². The number of quaternary nitrogens is 1. The second-order valence-corrected chi connectivity index (χ2v) is 6.58. The van der Waals surface area contributed by atoms with Gasteiger partial charge in [0.1, 0.15) is 0 Å². The van der Waals surface area contributed by atoms with E-state index in [-0.39, 0.29) is 11.9 Å². The molecular weight excluding hydrogens is 322 g/mol. The number of amides is 1. The molecule has 1 aliphatic heterocycles. The van der Waals surface area contributed by atoms with Gasteiger partial charge in [0.15, 0.2) is 6.04 Å². The largest absolute Gasteiger partial charge is 0.359 e. The Morgan fingerprint density at radius 1 is 1.08 bits per heavy atom. The summed E-state index contributed by atoms with van der Waals surface area (Å²) < 4.78 is 0. The molecule has 0 saturated carbocycles. The fourth-order valence-corrected chi connectivity index (χ4v) is 3.39. The Morgan fingerprint density at radius 3 is 2.38 bits per heavy atom. The van der Waals surface area contributed by atoms with Crippen LogP contribution >= 0.6 is 11.6 Å². The SMILES string of the molecule is C[C@H](C(=O)Nc1ccccc1)[NH+]1CCN(c2ccccc2Cl)CC1. The first-order valence-electron chi connectivity index (χ1n) is 8.35. The predicted octanol–water partition coefficient (Wildman–Crippen LogP) is 2.07. The molecule has 0 unspecified atom stereocenters. The summed E-state index contributed by atoms with van der Waals surface area (Å²) in [6.45, 7) is 5.66. The highest BCUT2D eigenvalue weighted by Crippen LogP contribution is 2.24. The number of nitrogens with one attached hydrogen (secondary N) is 2. The van der Waals surface area contributed by atoms with Crippen molar-refractivity contribution in [3.8, 4) is 0 Å². The lowest BCUT2D eigenvalue weighted by atomic mass is 10.2. The van der Waals surface area contributed by atoms with E-state index in [4.69, 9.17) is 11.6 Å². The molecule has 3 rings (SSSR count). The number of rotatable bonds is 4. The standard InChI is InChI=1S/C19H22ClN3O/c1-15(19(24)21-16-7-3-2-4-8-16)22-11-13-23(14-12-22)18-10-6-5-9-17(18)20/h2-10,15H,11-14H2,1H3,(H,21,24)/p+1/t15-/m1/s1. The Morgan fingerprint density at radius 2 is 1.71 bits per heavy atom. The van der Waals surface area contributed by atoms with Crippen LogP contribution in [0.3, 0.4) is 0 Å². The van der Waals surface area contributed by atoms with Gasteiger partial charge in [-0.25, -0.2) is 0 Å². The number of benzene rings is 2. The number of anilines is 2. The lowest BCUT2D eigenvalue weighted by molar-refractivity contribution is -0.914. The minimum Gasteiger partial charge on any atom is -0.359 e. The highest BCUT2D eigenvalue weighted by Gasteiger charge is 2.29. The minimum absolute atomic E-state index is 0.0707. The second-order valence-electron chi connectivity index (χ2n) is 6.17. The second kappa shape index (κ2) is 7.69. The van der Waals surface area contributed by atoms with Crippen molar-refractivity contribution in [3.05, 3.63) is 59.6 Å². The van der Waals surface area contributed by atoms with E-state index in [2.05, 4.69) is 16.3 Å². The number of para-hydroxylation sites is 2. The van der Waals surface area contributed by atoms with Gasteiger partial charge in [0.2, 0.25) is 0 Å². The van der Waals surface area contributed by atoms with Gasteiger partial charge < -0.3 is 15.1 Å². The van der Waals surface area contributed by atoms with Crippen LogP contribution in [0.1, 0.15) is 6.92 Å². The summed E-state index contributed by atoms with van der Waals surface area (Å²) in [5.41, 5.74) is 1.93. The van der Waals surface area contributed by atoms with Crippen LogP contribution in [0, 0.1) is 0 Å². The van der Waals surface area contributed by atoms with Gasteiger partial charge in [-0.2, -0.15) is 0 Å². The van der Waals surface area contributed by atoms with E-state index in [1.54, 1.807) is 0 Å². The Hall–Kier alpha value is -2.04. The summed E-state index contributed by atoms with van der Waals surface area (Å²) in [6, 6.07) is 17.5. The first-order chi connectivity index (χ1) is 11.6. The van der Waals surface area contributed by atoms with Gasteiger partial charge >= 0.3 is 0 Å². The van der Waals surface area contributed by atoms with Crippen LogP contribution in [-0.2, 0) is 4.79 Å². The first-order valence-corrected chi connectivity index (χ1v) is 8.73. The fourth-order valence-electron chi connectivity index (χ4n) is 3.13. The Balaban J connectivity index is 1.56. The molecule has 1 heterocycles. The highest BCUT2D eigenvalue weighted by molar-refractivity contribution is 6.33. The number of nitrogens with zero attached hydrogens (tertiary/aromatic N) is 1. The zero-order valence-corrected chi connectivity index (χ0v) is 14.6. The van der Waals surface area contributed by atoms with Crippen molar-refractivity contribution in [2.45, 2.75) is 13.0 Å². The number of hydrogen-bond donors (Lipinski definition) is 2. The summed E-state index contributed by atoms with van der Waals surface area (Å²) in [5.74, 6) is 0.0717. The molecule has 2 N–H and O–H groups in total. The molecule has 0 aliphatic carbocycles. The Bertz CT molecular complexity index is 684. The van der Waals surface area contributed by atoms with Crippen LogP contribution in [0.25, 0.3) is 0 Å². The first kappa shape index (κ1) is 16.8. The smallest absolute Gasteiger partial charge is 0.282 e. The monoisotopic (exact) mass is 344 g/mol. The van der Waals surface area contributed by atoms with E-state index in [0.29, 0.717) is 0 Å². The maximum Gasteiger partial charge on any atom is 0.282 e. The average molecular weight is 345 g/mol. The predicted molar refractivity (Wildman–Crippen MR) is 98.9 cm³/mol. The van der Waals surface area contributed by atoms with Crippen LogP contribution in [0.15, 0.2) is 54.6 Å². The topological polar surface area (TPSA) is 36.8 Å². The van der Waals surface area contributed by atoms with Gasteiger partial charge in [0.05, 0.1) is 36.9 Å². The molecule has 126 valence electrons. The van der Waals surface area contributed by atoms with Crippen molar-refractivity contribution >= 4 is 28.9 Å². The molecule has 1 fully saturated rings. The molecule has 24 heavy (non-hydrogen) atoms. The van der Waals surface area contributed by atoms with Gasteiger partial charge in [-0.3, -0.25) is 4.79 Å². The van der Waals surface area contributed by atoms with E-state index < -0.39 is 0 Å². The van der Waals surface area contributed by atoms with Gasteiger partial charge in [-0.05, 0) is 31.2 Å². The number of carbonyl (C=O) groups is 1. The Labute approximate surface area is 148 Å². The van der Waals surface area contributed by atoms with E-state index in [1.807, 2.05) is 55.5 Å². The van der Waals surface area contributed by atoms with E-state index in [1.165, 1.54) is 4.90 Å². The van der Waals surface area contributed by atoms with Gasteiger partial charge in [0, 0.05) is 5.69 Å². The fraction of sp³-hybridized carbons (Fsp3) is 0.316. The molecule has 1 atom stereocenters. The van der Waals surface area contributed by atoms with Gasteiger partial charge in [-0.1, -0.05) is 41.9 Å². The lowest BCUT2D eigenvalue weighted by Crippen LogP contribution is -3.19. The van der Waals surface area contributed by atoms with Crippen LogP contribution in [0.2, 0.25) is 5.02 Å². The lowest BCUT2D eigenvalue weighted by Gasteiger charge is -2.36. The third kappa shape index (κ3) is 3.89. The number of halogens is 1. The van der Waals surface area contributed by atoms with Crippen molar-refractivity contribution in [1.82, 2.24) is 0 Å². The molecule has 0 bridgehead atoms. The molecule has 1 saturated heterocycles. The van der Waals surface area contributed by atoms with Crippen LogP contribution in [0.4, 0.5) is 11.4 Å². The van der Waals surface area contributed by atoms with Crippen molar-refractivity contribution < 1.29 is 9.69 Å². The Kier molecular flexibility index (Phi) is 5.38. The zero-order valence-electron chi connectivity index (χ0n) is 13.8. The zero-order chi connectivity index (χ0) is 16.9. The molecule has 1 amide bonds. The van der Waals surface area contributed by atoms with Crippen molar-refractivity contribution in [1.29, 1.82) is 0 Å². The third-order valence-corrected chi connectivity index (χ3v) is 4.97. The molecule has 0 aromatic heterocycles. The third-order valence-electron chi connectivity index (χ3n) is 4.65. The quantitative estimate of drug-likeness (QED) is 0.891. The molecule has 0 spiro atoms. The molecule has 4 nitrogen and oxygen atoms in total. The normalized spacial score (nSPS) is 16.7. The van der Waals surface area contributed by atoms with Crippen molar-refractivity contribution in [3.63, 3.8) is 0 Å². The van der Waals surface area contributed by atoms with E-state index in [9.17, 15) is 4.79 Å². The summed E-state index contributed by atoms with van der Waals surface area (Å²) in [6.07, 6.45) is 0. The number of piperazine rings is 1. The number of carbonyl (C=O) groups excluding carboxylic acids is 1. The molecule has 1 aliphatic rings. The summed E-state index contributed by atoms with van der Waals surface area (Å²) >= 11 is 6.28. The summed E-state index contributed by atoms with van der Waals surface area (Å²) in [7, 11) is 0. The minimum atomic E-state index is -0.0707. The molecular formula is C19H23ClN3O+. The summed E-state index contributed by atoms with van der Waals surface area (Å²) in [4.78, 5) is 16.1.